The molecule has 0 bridgehead atoms. The first kappa shape index (κ1) is 31.4. The molecule has 44 heavy (non-hydrogen) atoms. The second-order valence-corrected chi connectivity index (χ2v) is 12.0. The highest BCUT2D eigenvalue weighted by Crippen LogP contribution is 2.33. The van der Waals surface area contributed by atoms with Gasteiger partial charge in [-0.25, -0.2) is 4.98 Å². The minimum Gasteiger partial charge on any atom is -0.339 e. The van der Waals surface area contributed by atoms with E-state index in [4.69, 9.17) is 0 Å². The SMILES string of the molecule is CCc1cccc(CC)c1-n1c(C=C(C)C)c(C(=O)N2CCCCC2)cc(-c2nc(-c3ccc(C(F)(F)F)cn3)cs2)c1=O. The topological polar surface area (TPSA) is 68.1 Å². The number of alkyl halides is 3. The number of pyridine rings is 2. The molecule has 1 aliphatic heterocycles. The molecule has 10 heteroatoms. The van der Waals surface area contributed by atoms with Crippen molar-refractivity contribution in [2.45, 2.75) is 66.0 Å². The number of carbonyl (C=O) groups excluding carboxylic acids is 1. The summed E-state index contributed by atoms with van der Waals surface area (Å²) in [6.45, 7) is 9.25. The molecule has 0 N–H and O–H groups in total. The maximum Gasteiger partial charge on any atom is 0.417 e. The first-order chi connectivity index (χ1) is 21.0. The van der Waals surface area contributed by atoms with Gasteiger partial charge in [0.15, 0.2) is 0 Å². The Labute approximate surface area is 258 Å². The lowest BCUT2D eigenvalue weighted by Gasteiger charge is -2.28. The molecule has 1 aliphatic rings. The van der Waals surface area contributed by atoms with E-state index >= 15 is 0 Å². The van der Waals surface area contributed by atoms with E-state index < -0.39 is 11.7 Å². The molecule has 1 aromatic carbocycles. The summed E-state index contributed by atoms with van der Waals surface area (Å²) in [5.74, 6) is -0.139. The second kappa shape index (κ2) is 12.9. The number of thiazole rings is 1. The van der Waals surface area contributed by atoms with Crippen LogP contribution in [0.15, 0.2) is 58.3 Å². The Morgan fingerprint density at radius 2 is 1.68 bits per heavy atom. The number of amides is 1. The third-order valence-corrected chi connectivity index (χ3v) is 8.69. The number of rotatable bonds is 7. The second-order valence-electron chi connectivity index (χ2n) is 11.2. The van der Waals surface area contributed by atoms with Gasteiger partial charge < -0.3 is 4.90 Å². The van der Waals surface area contributed by atoms with Crippen LogP contribution in [0.25, 0.3) is 33.7 Å². The molecule has 0 saturated carbocycles. The van der Waals surface area contributed by atoms with E-state index in [2.05, 4.69) is 9.97 Å². The molecule has 1 saturated heterocycles. The Bertz CT molecular complexity index is 1740. The summed E-state index contributed by atoms with van der Waals surface area (Å²) < 4.78 is 41.0. The Kier molecular flexibility index (Phi) is 9.20. The van der Waals surface area contributed by atoms with Crippen LogP contribution in [0.2, 0.25) is 0 Å². The Morgan fingerprint density at radius 3 is 2.25 bits per heavy atom. The predicted octanol–water partition coefficient (Wildman–Crippen LogP) is 8.22. The van der Waals surface area contributed by atoms with Crippen molar-refractivity contribution in [2.24, 2.45) is 0 Å². The number of nitrogens with zero attached hydrogens (tertiary/aromatic N) is 4. The van der Waals surface area contributed by atoms with Crippen molar-refractivity contribution in [3.63, 3.8) is 0 Å². The normalized spacial score (nSPS) is 13.7. The van der Waals surface area contributed by atoms with Gasteiger partial charge in [-0.3, -0.25) is 19.1 Å². The molecule has 0 unspecified atom stereocenters. The summed E-state index contributed by atoms with van der Waals surface area (Å²) in [5.41, 5.74) is 4.33. The summed E-state index contributed by atoms with van der Waals surface area (Å²) in [6, 6.07) is 9.88. The number of piperidine rings is 1. The number of aryl methyl sites for hydroxylation is 2. The van der Waals surface area contributed by atoms with Crippen LogP contribution in [0.1, 0.15) is 79.7 Å². The Hall–Kier alpha value is -4.05. The third kappa shape index (κ3) is 6.26. The van der Waals surface area contributed by atoms with E-state index in [9.17, 15) is 22.8 Å². The number of carbonyl (C=O) groups is 1. The highest BCUT2D eigenvalue weighted by Gasteiger charge is 2.31. The van der Waals surface area contributed by atoms with Crippen LogP contribution in [-0.2, 0) is 19.0 Å². The van der Waals surface area contributed by atoms with Crippen LogP contribution in [0.5, 0.6) is 0 Å². The predicted molar refractivity (Wildman–Crippen MR) is 169 cm³/mol. The Balaban J connectivity index is 1.77. The van der Waals surface area contributed by atoms with Crippen molar-refractivity contribution >= 4 is 23.3 Å². The molecule has 4 aromatic rings. The van der Waals surface area contributed by atoms with Gasteiger partial charge >= 0.3 is 6.18 Å². The summed E-state index contributed by atoms with van der Waals surface area (Å²) in [6.07, 6.45) is 2.45. The summed E-state index contributed by atoms with van der Waals surface area (Å²) >= 11 is 1.19. The molecule has 4 heterocycles. The molecule has 230 valence electrons. The van der Waals surface area contributed by atoms with Crippen LogP contribution >= 0.6 is 11.3 Å². The van der Waals surface area contributed by atoms with E-state index in [1.54, 1.807) is 16.0 Å². The molecule has 0 spiro atoms. The van der Waals surface area contributed by atoms with Gasteiger partial charge in [-0.15, -0.1) is 11.3 Å². The number of likely N-dealkylation sites (tertiary alicyclic amines) is 1. The molecule has 0 radical (unpaired) electrons. The highest BCUT2D eigenvalue weighted by atomic mass is 32.1. The summed E-state index contributed by atoms with van der Waals surface area (Å²) in [4.78, 5) is 39.3. The average molecular weight is 621 g/mol. The smallest absolute Gasteiger partial charge is 0.339 e. The van der Waals surface area contributed by atoms with E-state index in [0.29, 0.717) is 47.9 Å². The minimum atomic E-state index is -4.50. The van der Waals surface area contributed by atoms with E-state index in [1.807, 2.05) is 56.9 Å². The number of allylic oxidation sites excluding steroid dienone is 1. The van der Waals surface area contributed by atoms with Crippen LogP contribution in [0, 0.1) is 0 Å². The molecular formula is C34H35F3N4O2S. The Morgan fingerprint density at radius 1 is 1.00 bits per heavy atom. The quantitative estimate of drug-likeness (QED) is 0.209. The number of para-hydroxylation sites is 1. The number of aromatic nitrogens is 3. The van der Waals surface area contributed by atoms with Crippen molar-refractivity contribution in [3.05, 3.63) is 91.8 Å². The van der Waals surface area contributed by atoms with Crippen LogP contribution in [-0.4, -0.2) is 38.4 Å². The highest BCUT2D eigenvalue weighted by molar-refractivity contribution is 7.13. The zero-order valence-corrected chi connectivity index (χ0v) is 26.1. The van der Waals surface area contributed by atoms with Gasteiger partial charge in [0.25, 0.3) is 11.5 Å². The van der Waals surface area contributed by atoms with Gasteiger partial charge in [0.2, 0.25) is 0 Å². The average Bonchev–Trinajstić information content (AvgIpc) is 3.51. The zero-order chi connectivity index (χ0) is 31.6. The molecule has 3 aromatic heterocycles. The fourth-order valence-electron chi connectivity index (χ4n) is 5.59. The van der Waals surface area contributed by atoms with Crippen molar-refractivity contribution in [1.82, 2.24) is 19.4 Å². The fraction of sp³-hybridized carbons (Fsp3) is 0.353. The zero-order valence-electron chi connectivity index (χ0n) is 25.3. The lowest BCUT2D eigenvalue weighted by atomic mass is 9.99. The molecule has 0 atom stereocenters. The van der Waals surface area contributed by atoms with Crippen molar-refractivity contribution < 1.29 is 18.0 Å². The van der Waals surface area contributed by atoms with E-state index in [1.165, 1.54) is 17.4 Å². The van der Waals surface area contributed by atoms with Gasteiger partial charge in [0.1, 0.15) is 10.7 Å². The summed E-state index contributed by atoms with van der Waals surface area (Å²) in [7, 11) is 0. The van der Waals surface area contributed by atoms with Gasteiger partial charge in [-0.05, 0) is 81.4 Å². The van der Waals surface area contributed by atoms with E-state index in [-0.39, 0.29) is 22.7 Å². The standard InChI is InChI=1S/C34H35F3N4O2S/c1-5-22-11-10-12-23(6-2)30(22)41-29(17-21(3)4)25(32(42)40-15-8-7-9-16-40)18-26(33(41)43)31-39-28(20-44-31)27-14-13-24(19-38-27)34(35,36)37/h10-14,17-20H,5-9,15-16H2,1-4H3. The lowest BCUT2D eigenvalue weighted by molar-refractivity contribution is -0.137. The van der Waals surface area contributed by atoms with Crippen molar-refractivity contribution in [2.75, 3.05) is 13.1 Å². The van der Waals surface area contributed by atoms with Gasteiger partial charge in [-0.1, -0.05) is 37.6 Å². The largest absolute Gasteiger partial charge is 0.417 e. The number of benzene rings is 1. The monoisotopic (exact) mass is 620 g/mol. The van der Waals surface area contributed by atoms with Gasteiger partial charge in [0, 0.05) is 24.7 Å². The maximum atomic E-state index is 14.6. The molecule has 5 rings (SSSR count). The van der Waals surface area contributed by atoms with E-state index in [0.717, 1.165) is 53.9 Å². The molecule has 6 nitrogen and oxygen atoms in total. The van der Waals surface area contributed by atoms with Gasteiger partial charge in [-0.2, -0.15) is 13.2 Å². The van der Waals surface area contributed by atoms with Crippen LogP contribution in [0.3, 0.4) is 0 Å². The fourth-order valence-corrected chi connectivity index (χ4v) is 6.41. The molecule has 1 fully saturated rings. The minimum absolute atomic E-state index is 0.139. The van der Waals surface area contributed by atoms with Gasteiger partial charge in [0.05, 0.1) is 33.8 Å². The summed E-state index contributed by atoms with van der Waals surface area (Å²) in [5, 5.41) is 2.03. The van der Waals surface area contributed by atoms with Crippen molar-refractivity contribution in [1.29, 1.82) is 0 Å². The number of hydrogen-bond acceptors (Lipinski definition) is 5. The third-order valence-electron chi connectivity index (χ3n) is 7.81. The molecular weight excluding hydrogens is 585 g/mol. The molecule has 0 aliphatic carbocycles. The lowest BCUT2D eigenvalue weighted by Crippen LogP contribution is -2.37. The van der Waals surface area contributed by atoms with Crippen LogP contribution in [0.4, 0.5) is 13.2 Å². The number of halogens is 3. The van der Waals surface area contributed by atoms with Crippen LogP contribution < -0.4 is 5.56 Å². The first-order valence-electron chi connectivity index (χ1n) is 14.9. The first-order valence-corrected chi connectivity index (χ1v) is 15.8. The maximum absolute atomic E-state index is 14.6. The number of hydrogen-bond donors (Lipinski definition) is 0. The van der Waals surface area contributed by atoms with Crippen molar-refractivity contribution in [3.8, 4) is 27.6 Å². The molecule has 1 amide bonds.